The molecule has 0 saturated heterocycles. The molecule has 1 N–H and O–H groups in total. The number of sulfone groups is 1. The molecule has 0 amide bonds. The molecular formula is C13H15NO3S. The number of aryl methyl sites for hydroxylation is 1. The van der Waals surface area contributed by atoms with Gasteiger partial charge in [0.1, 0.15) is 5.75 Å². The predicted octanol–water partition coefficient (Wildman–Crippen LogP) is 1.96. The van der Waals surface area contributed by atoms with Crippen LogP contribution < -0.4 is 0 Å². The van der Waals surface area contributed by atoms with Crippen molar-refractivity contribution < 1.29 is 13.2 Å². The van der Waals surface area contributed by atoms with Crippen LogP contribution in [0.2, 0.25) is 0 Å². The summed E-state index contributed by atoms with van der Waals surface area (Å²) >= 11 is 0. The lowest BCUT2D eigenvalue weighted by molar-refractivity contribution is 0.102. The standard InChI is InChI=1S/C13H15NO3S/c1-3-9-5-4-6-10-11(7-14-13(9)10)12(15)8-18(2,16)17/h4-7,14H,3,8H2,1-2H3. The number of H-pyrrole nitrogens is 1. The third-order valence-corrected chi connectivity index (χ3v) is 3.66. The Kier molecular flexibility index (Phi) is 3.26. The second kappa shape index (κ2) is 4.57. The van der Waals surface area contributed by atoms with Gasteiger partial charge < -0.3 is 4.98 Å². The number of aromatic amines is 1. The fourth-order valence-corrected chi connectivity index (χ4v) is 2.69. The number of rotatable bonds is 4. The summed E-state index contributed by atoms with van der Waals surface area (Å²) < 4.78 is 22.3. The van der Waals surface area contributed by atoms with Crippen LogP contribution >= 0.6 is 0 Å². The van der Waals surface area contributed by atoms with Crippen LogP contribution in [0, 0.1) is 0 Å². The van der Waals surface area contributed by atoms with E-state index in [0.29, 0.717) is 5.56 Å². The van der Waals surface area contributed by atoms with Gasteiger partial charge in [-0.2, -0.15) is 0 Å². The quantitative estimate of drug-likeness (QED) is 0.859. The summed E-state index contributed by atoms with van der Waals surface area (Å²) in [6.45, 7) is 2.04. The number of aromatic nitrogens is 1. The average Bonchev–Trinajstić information content (AvgIpc) is 2.69. The van der Waals surface area contributed by atoms with Crippen LogP contribution in [0.3, 0.4) is 0 Å². The minimum Gasteiger partial charge on any atom is -0.360 e. The van der Waals surface area contributed by atoms with Crippen molar-refractivity contribution in [1.82, 2.24) is 4.98 Å². The summed E-state index contributed by atoms with van der Waals surface area (Å²) in [7, 11) is -3.30. The lowest BCUT2D eigenvalue weighted by atomic mass is 10.1. The molecule has 0 aliphatic carbocycles. The number of ketones is 1. The van der Waals surface area contributed by atoms with E-state index in [9.17, 15) is 13.2 Å². The summed E-state index contributed by atoms with van der Waals surface area (Å²) in [4.78, 5) is 15.0. The van der Waals surface area contributed by atoms with E-state index in [2.05, 4.69) is 4.98 Å². The van der Waals surface area contributed by atoms with Crippen LogP contribution in [0.1, 0.15) is 22.8 Å². The van der Waals surface area contributed by atoms with Crippen LogP contribution in [0.15, 0.2) is 24.4 Å². The van der Waals surface area contributed by atoms with Crippen molar-refractivity contribution in [3.8, 4) is 0 Å². The number of nitrogens with one attached hydrogen (secondary N) is 1. The molecule has 96 valence electrons. The number of hydrogen-bond acceptors (Lipinski definition) is 3. The van der Waals surface area contributed by atoms with Crippen molar-refractivity contribution in [2.75, 3.05) is 12.0 Å². The summed E-state index contributed by atoms with van der Waals surface area (Å²) in [5.41, 5.74) is 2.48. The maximum atomic E-state index is 11.9. The maximum absolute atomic E-state index is 11.9. The highest BCUT2D eigenvalue weighted by Gasteiger charge is 2.17. The van der Waals surface area contributed by atoms with E-state index >= 15 is 0 Å². The van der Waals surface area contributed by atoms with E-state index in [0.717, 1.165) is 29.1 Å². The van der Waals surface area contributed by atoms with Gasteiger partial charge in [-0.3, -0.25) is 4.79 Å². The Morgan fingerprint density at radius 3 is 2.67 bits per heavy atom. The molecule has 2 rings (SSSR count). The zero-order valence-electron chi connectivity index (χ0n) is 10.4. The first-order valence-electron chi connectivity index (χ1n) is 5.72. The molecule has 0 unspecified atom stereocenters. The number of hydrogen-bond donors (Lipinski definition) is 1. The minimum atomic E-state index is -3.30. The number of carbonyl (C=O) groups is 1. The molecular weight excluding hydrogens is 250 g/mol. The van der Waals surface area contributed by atoms with E-state index in [1.165, 1.54) is 0 Å². The third kappa shape index (κ3) is 2.46. The lowest BCUT2D eigenvalue weighted by Gasteiger charge is -2.00. The highest BCUT2D eigenvalue weighted by atomic mass is 32.2. The maximum Gasteiger partial charge on any atom is 0.179 e. The van der Waals surface area contributed by atoms with E-state index < -0.39 is 15.6 Å². The van der Waals surface area contributed by atoms with Gasteiger partial charge in [0, 0.05) is 28.9 Å². The molecule has 0 atom stereocenters. The Balaban J connectivity index is 2.50. The number of fused-ring (bicyclic) bond motifs is 1. The first-order valence-corrected chi connectivity index (χ1v) is 7.78. The van der Waals surface area contributed by atoms with Gasteiger partial charge in [-0.05, 0) is 12.0 Å². The van der Waals surface area contributed by atoms with Crippen molar-refractivity contribution in [3.63, 3.8) is 0 Å². The molecule has 0 radical (unpaired) electrons. The SMILES string of the molecule is CCc1cccc2c(C(=O)CS(C)(=O)=O)c[nH]c12. The van der Waals surface area contributed by atoms with E-state index in [1.54, 1.807) is 6.20 Å². The second-order valence-electron chi connectivity index (χ2n) is 4.39. The highest BCUT2D eigenvalue weighted by Crippen LogP contribution is 2.22. The van der Waals surface area contributed by atoms with Crippen molar-refractivity contribution >= 4 is 26.5 Å². The predicted molar refractivity (Wildman–Crippen MR) is 71.7 cm³/mol. The molecule has 4 nitrogen and oxygen atoms in total. The Morgan fingerprint density at radius 1 is 1.33 bits per heavy atom. The third-order valence-electron chi connectivity index (χ3n) is 2.88. The number of carbonyl (C=O) groups excluding carboxylic acids is 1. The fraction of sp³-hybridized carbons (Fsp3) is 0.308. The molecule has 1 heterocycles. The molecule has 0 bridgehead atoms. The van der Waals surface area contributed by atoms with Gasteiger partial charge in [-0.15, -0.1) is 0 Å². The van der Waals surface area contributed by atoms with E-state index in [-0.39, 0.29) is 5.78 Å². The zero-order valence-corrected chi connectivity index (χ0v) is 11.2. The monoisotopic (exact) mass is 265 g/mol. The van der Waals surface area contributed by atoms with Gasteiger partial charge in [-0.1, -0.05) is 25.1 Å². The van der Waals surface area contributed by atoms with Crippen molar-refractivity contribution in [3.05, 3.63) is 35.5 Å². The molecule has 0 fully saturated rings. The Morgan fingerprint density at radius 2 is 2.06 bits per heavy atom. The van der Waals surface area contributed by atoms with Gasteiger partial charge in [0.05, 0.1) is 0 Å². The molecule has 0 aliphatic heterocycles. The minimum absolute atomic E-state index is 0.364. The first kappa shape index (κ1) is 12.8. The molecule has 0 saturated carbocycles. The van der Waals surface area contributed by atoms with Crippen LogP contribution in [0.5, 0.6) is 0 Å². The second-order valence-corrected chi connectivity index (χ2v) is 6.53. The Labute approximate surface area is 106 Å². The smallest absolute Gasteiger partial charge is 0.179 e. The topological polar surface area (TPSA) is 67.0 Å². The first-order chi connectivity index (χ1) is 8.42. The van der Waals surface area contributed by atoms with Gasteiger partial charge in [0.25, 0.3) is 0 Å². The van der Waals surface area contributed by atoms with E-state index in [4.69, 9.17) is 0 Å². The zero-order chi connectivity index (χ0) is 13.3. The van der Waals surface area contributed by atoms with E-state index in [1.807, 2.05) is 25.1 Å². The molecule has 18 heavy (non-hydrogen) atoms. The van der Waals surface area contributed by atoms with Gasteiger partial charge in [-0.25, -0.2) is 8.42 Å². The highest BCUT2D eigenvalue weighted by molar-refractivity contribution is 7.91. The largest absolute Gasteiger partial charge is 0.360 e. The molecule has 1 aromatic heterocycles. The van der Waals surface area contributed by atoms with Gasteiger partial charge in [0.2, 0.25) is 0 Å². The van der Waals surface area contributed by atoms with Crippen molar-refractivity contribution in [2.24, 2.45) is 0 Å². The van der Waals surface area contributed by atoms with Gasteiger partial charge >= 0.3 is 0 Å². The molecule has 1 aromatic carbocycles. The Bertz CT molecular complexity index is 698. The lowest BCUT2D eigenvalue weighted by Crippen LogP contribution is -2.14. The van der Waals surface area contributed by atoms with Crippen molar-refractivity contribution in [1.29, 1.82) is 0 Å². The van der Waals surface area contributed by atoms with Crippen molar-refractivity contribution in [2.45, 2.75) is 13.3 Å². The average molecular weight is 265 g/mol. The molecule has 5 heteroatoms. The normalized spacial score (nSPS) is 11.9. The molecule has 2 aromatic rings. The fourth-order valence-electron chi connectivity index (χ4n) is 2.06. The van der Waals surface area contributed by atoms with Crippen LogP contribution in [-0.2, 0) is 16.3 Å². The number of para-hydroxylation sites is 1. The van der Waals surface area contributed by atoms with Crippen LogP contribution in [-0.4, -0.2) is 31.2 Å². The van der Waals surface area contributed by atoms with Crippen LogP contribution in [0.25, 0.3) is 10.9 Å². The summed E-state index contributed by atoms with van der Waals surface area (Å²) in [5.74, 6) is -0.812. The molecule has 0 spiro atoms. The number of Topliss-reactive ketones (excluding diaryl/α,β-unsaturated/α-hetero) is 1. The summed E-state index contributed by atoms with van der Waals surface area (Å²) in [5, 5.41) is 0.794. The Hall–Kier alpha value is -1.62. The van der Waals surface area contributed by atoms with Crippen LogP contribution in [0.4, 0.5) is 0 Å². The summed E-state index contributed by atoms with van der Waals surface area (Å²) in [6.07, 6.45) is 3.52. The molecule has 0 aliphatic rings. The summed E-state index contributed by atoms with van der Waals surface area (Å²) in [6, 6.07) is 5.70. The van der Waals surface area contributed by atoms with Gasteiger partial charge in [0.15, 0.2) is 15.6 Å². The number of benzene rings is 1.